The Balaban J connectivity index is 1.32. The Morgan fingerprint density at radius 1 is 1.17 bits per heavy atom. The number of rotatable bonds is 9. The van der Waals surface area contributed by atoms with Crippen LogP contribution in [0.5, 0.6) is 0 Å². The van der Waals surface area contributed by atoms with Crippen molar-refractivity contribution in [2.75, 3.05) is 82.2 Å². The summed E-state index contributed by atoms with van der Waals surface area (Å²) in [5.74, 6) is 1.91. The molecule has 7 nitrogen and oxygen atoms in total. The summed E-state index contributed by atoms with van der Waals surface area (Å²) in [6, 6.07) is 8.59. The van der Waals surface area contributed by atoms with E-state index in [1.165, 1.54) is 43.4 Å². The predicted octanol–water partition coefficient (Wildman–Crippen LogP) is 3.29. The zero-order chi connectivity index (χ0) is 24.6. The molecule has 0 spiro atoms. The van der Waals surface area contributed by atoms with Crippen LogP contribution in [0, 0.1) is 12.8 Å². The number of thiocarbonyl (C=S) groups is 1. The van der Waals surface area contributed by atoms with E-state index in [1.807, 2.05) is 0 Å². The summed E-state index contributed by atoms with van der Waals surface area (Å²) >= 11 is 5.51. The number of likely N-dealkylation sites (N-methyl/N-ethyl adjacent to an activating group) is 1. The molecule has 1 unspecified atom stereocenters. The largest absolute Gasteiger partial charge is 0.361 e. The van der Waals surface area contributed by atoms with Crippen LogP contribution in [0.2, 0.25) is 0 Å². The van der Waals surface area contributed by atoms with E-state index in [-0.39, 0.29) is 0 Å². The van der Waals surface area contributed by atoms with E-state index in [9.17, 15) is 0 Å². The highest BCUT2D eigenvalue weighted by Gasteiger charge is 2.22. The first kappa shape index (κ1) is 26.1. The molecule has 4 rings (SSSR count). The second-order valence-electron chi connectivity index (χ2n) is 9.94. The number of anilines is 2. The number of nitrogens with one attached hydrogen (secondary N) is 3. The van der Waals surface area contributed by atoms with Crippen molar-refractivity contribution in [2.24, 2.45) is 5.92 Å². The second kappa shape index (κ2) is 12.8. The zero-order valence-electron chi connectivity index (χ0n) is 21.8. The van der Waals surface area contributed by atoms with Crippen LogP contribution in [-0.2, 0) is 0 Å². The molecule has 2 fully saturated rings. The van der Waals surface area contributed by atoms with Crippen LogP contribution in [0.25, 0.3) is 10.9 Å². The Kier molecular flexibility index (Phi) is 9.54. The Morgan fingerprint density at radius 3 is 2.69 bits per heavy atom. The maximum Gasteiger partial charge on any atom is 0.170 e. The molecule has 0 amide bonds. The predicted molar refractivity (Wildman–Crippen MR) is 153 cm³/mol. The number of fused-ring (bicyclic) bond motifs is 1. The molecule has 2 aromatic rings. The van der Waals surface area contributed by atoms with E-state index < -0.39 is 0 Å². The van der Waals surface area contributed by atoms with Crippen LogP contribution in [0.15, 0.2) is 24.3 Å². The first-order chi connectivity index (χ1) is 17.1. The zero-order valence-corrected chi connectivity index (χ0v) is 22.6. The average Bonchev–Trinajstić information content (AvgIpc) is 2.88. The van der Waals surface area contributed by atoms with Gasteiger partial charge in [0.25, 0.3) is 0 Å². The molecular formula is C27H43N7S. The summed E-state index contributed by atoms with van der Waals surface area (Å²) in [5.41, 5.74) is 3.30. The number of aromatic nitrogens is 1. The van der Waals surface area contributed by atoms with Crippen molar-refractivity contribution in [3.8, 4) is 0 Å². The molecule has 2 aliphatic heterocycles. The molecule has 1 aromatic carbocycles. The van der Waals surface area contributed by atoms with Gasteiger partial charge in [0.05, 0.1) is 5.52 Å². The van der Waals surface area contributed by atoms with Gasteiger partial charge in [-0.2, -0.15) is 0 Å². The fourth-order valence-corrected chi connectivity index (χ4v) is 5.48. The molecule has 2 saturated heterocycles. The highest BCUT2D eigenvalue weighted by atomic mass is 32.1. The third-order valence-electron chi connectivity index (χ3n) is 7.48. The van der Waals surface area contributed by atoms with Crippen molar-refractivity contribution >= 4 is 39.7 Å². The lowest BCUT2D eigenvalue weighted by molar-refractivity contribution is 0.198. The van der Waals surface area contributed by atoms with Crippen LogP contribution >= 0.6 is 12.2 Å². The number of pyridine rings is 1. The minimum Gasteiger partial charge on any atom is -0.361 e. The molecule has 0 radical (unpaired) electrons. The minimum atomic E-state index is 0.667. The monoisotopic (exact) mass is 497 g/mol. The maximum atomic E-state index is 5.51. The van der Waals surface area contributed by atoms with Gasteiger partial charge in [0.15, 0.2) is 5.11 Å². The normalized spacial score (nSPS) is 19.3. The summed E-state index contributed by atoms with van der Waals surface area (Å²) in [5, 5.41) is 12.1. The van der Waals surface area contributed by atoms with Crippen molar-refractivity contribution < 1.29 is 0 Å². The molecule has 1 atom stereocenters. The summed E-state index contributed by atoms with van der Waals surface area (Å²) in [6.07, 6.45) is 2.69. The van der Waals surface area contributed by atoms with Gasteiger partial charge < -0.3 is 25.8 Å². The van der Waals surface area contributed by atoms with Gasteiger partial charge in [0, 0.05) is 56.9 Å². The lowest BCUT2D eigenvalue weighted by atomic mass is 9.99. The summed E-state index contributed by atoms with van der Waals surface area (Å²) in [7, 11) is 0. The summed E-state index contributed by atoms with van der Waals surface area (Å²) in [6.45, 7) is 18.5. The number of aryl methyl sites for hydroxylation is 1. The molecule has 0 bridgehead atoms. The molecule has 3 N–H and O–H groups in total. The summed E-state index contributed by atoms with van der Waals surface area (Å²) < 4.78 is 0. The minimum absolute atomic E-state index is 0.667. The smallest absolute Gasteiger partial charge is 0.170 e. The number of hydrogen-bond donors (Lipinski definition) is 3. The number of piperidine rings is 1. The molecule has 0 aliphatic carbocycles. The summed E-state index contributed by atoms with van der Waals surface area (Å²) in [4.78, 5) is 12.5. The van der Waals surface area contributed by atoms with Crippen molar-refractivity contribution in [3.05, 3.63) is 29.8 Å². The fourth-order valence-electron chi connectivity index (χ4n) is 5.26. The van der Waals surface area contributed by atoms with Crippen LogP contribution in [0.4, 0.5) is 11.5 Å². The van der Waals surface area contributed by atoms with Gasteiger partial charge in [-0.1, -0.05) is 13.8 Å². The first-order valence-electron chi connectivity index (χ1n) is 13.4. The molecule has 192 valence electrons. The maximum absolute atomic E-state index is 5.51. The van der Waals surface area contributed by atoms with Crippen LogP contribution in [0.3, 0.4) is 0 Å². The topological polar surface area (TPSA) is 58.7 Å². The third-order valence-corrected chi connectivity index (χ3v) is 7.73. The van der Waals surface area contributed by atoms with Crippen LogP contribution < -0.4 is 20.9 Å². The first-order valence-corrected chi connectivity index (χ1v) is 13.8. The van der Waals surface area contributed by atoms with Gasteiger partial charge in [-0.3, -0.25) is 4.90 Å². The standard InChI is InChI=1S/C27H43N7S/c1-4-32(5-2)12-11-29-27(35)30-23-8-9-25-24(18-23)21(3)17-26(31-25)34-15-13-33(14-16-34)20-22-7-6-10-28-19-22/h8-9,17-18,22,28H,4-7,10-16,19-20H2,1-3H3,(H2,29,30,35). The average molecular weight is 498 g/mol. The lowest BCUT2D eigenvalue weighted by Gasteiger charge is -2.38. The van der Waals surface area contributed by atoms with Crippen LogP contribution in [0.1, 0.15) is 32.3 Å². The molecule has 8 heteroatoms. The van der Waals surface area contributed by atoms with E-state index >= 15 is 0 Å². The highest BCUT2D eigenvalue weighted by molar-refractivity contribution is 7.80. The third kappa shape index (κ3) is 7.26. The number of benzene rings is 1. The molecule has 0 saturated carbocycles. The lowest BCUT2D eigenvalue weighted by Crippen LogP contribution is -2.49. The van der Waals surface area contributed by atoms with Crippen molar-refractivity contribution in [1.29, 1.82) is 0 Å². The van der Waals surface area contributed by atoms with Gasteiger partial charge in [0.2, 0.25) is 0 Å². The number of nitrogens with zero attached hydrogens (tertiary/aromatic N) is 4. The SMILES string of the molecule is CCN(CC)CCNC(=S)Nc1ccc2nc(N3CCN(CC4CCCNC4)CC3)cc(C)c2c1. The van der Waals surface area contributed by atoms with Gasteiger partial charge in [-0.15, -0.1) is 0 Å². The van der Waals surface area contributed by atoms with E-state index in [0.29, 0.717) is 5.11 Å². The molecule has 3 heterocycles. The number of piperazine rings is 1. The van der Waals surface area contributed by atoms with Gasteiger partial charge in [-0.25, -0.2) is 4.98 Å². The quantitative estimate of drug-likeness (QED) is 0.457. The van der Waals surface area contributed by atoms with Crippen LogP contribution in [-0.4, -0.2) is 91.9 Å². The van der Waals surface area contributed by atoms with Gasteiger partial charge >= 0.3 is 0 Å². The molecule has 35 heavy (non-hydrogen) atoms. The fraction of sp³-hybridized carbons (Fsp3) is 0.630. The Labute approximate surface area is 216 Å². The molecule has 2 aliphatic rings. The number of hydrogen-bond acceptors (Lipinski definition) is 6. The highest BCUT2D eigenvalue weighted by Crippen LogP contribution is 2.26. The second-order valence-corrected chi connectivity index (χ2v) is 10.3. The van der Waals surface area contributed by atoms with Crippen molar-refractivity contribution in [3.63, 3.8) is 0 Å². The Morgan fingerprint density at radius 2 is 1.97 bits per heavy atom. The Hall–Kier alpha value is -2.00. The van der Waals surface area contributed by atoms with E-state index in [1.54, 1.807) is 0 Å². The molecular weight excluding hydrogens is 454 g/mol. The van der Waals surface area contributed by atoms with Crippen molar-refractivity contribution in [1.82, 2.24) is 25.4 Å². The Bertz CT molecular complexity index is 963. The molecule has 1 aromatic heterocycles. The van der Waals surface area contributed by atoms with Gasteiger partial charge in [0.1, 0.15) is 5.82 Å². The van der Waals surface area contributed by atoms with E-state index in [2.05, 4.69) is 75.7 Å². The van der Waals surface area contributed by atoms with Gasteiger partial charge in [-0.05, 0) is 93.9 Å². The van der Waals surface area contributed by atoms with Crippen molar-refractivity contribution in [2.45, 2.75) is 33.6 Å². The van der Waals surface area contributed by atoms with E-state index in [4.69, 9.17) is 17.2 Å². The van der Waals surface area contributed by atoms with E-state index in [0.717, 1.165) is 75.3 Å².